The standard InChI is InChI=1S/C24H30O6/c1-13(25)28-16-5-6-17-18-9-10-24(4)21(7-8-23(24)30-15(3)27)19(18)12-22(20(17)11-16)29-14(2)26/h5-6,11,18-19,21-23H,7-10,12H2,1-4H3/t18-,19+,21-,22-,23+,24-/m1/s1. The predicted molar refractivity (Wildman–Crippen MR) is 109 cm³/mol. The van der Waals surface area contributed by atoms with Crippen LogP contribution in [0.5, 0.6) is 5.75 Å². The number of benzene rings is 1. The van der Waals surface area contributed by atoms with Crippen molar-refractivity contribution in [3.05, 3.63) is 29.3 Å². The van der Waals surface area contributed by atoms with E-state index < -0.39 is 0 Å². The topological polar surface area (TPSA) is 78.9 Å². The Hall–Kier alpha value is -2.37. The summed E-state index contributed by atoms with van der Waals surface area (Å²) in [5.41, 5.74) is 2.10. The van der Waals surface area contributed by atoms with E-state index in [0.29, 0.717) is 23.5 Å². The molecule has 162 valence electrons. The number of hydrogen-bond donors (Lipinski definition) is 0. The Morgan fingerprint density at radius 1 is 0.933 bits per heavy atom. The van der Waals surface area contributed by atoms with Crippen molar-refractivity contribution in [3.8, 4) is 5.75 Å². The zero-order valence-corrected chi connectivity index (χ0v) is 18.1. The summed E-state index contributed by atoms with van der Waals surface area (Å²) < 4.78 is 16.7. The van der Waals surface area contributed by atoms with Gasteiger partial charge in [0.1, 0.15) is 18.0 Å². The molecule has 3 aliphatic rings. The van der Waals surface area contributed by atoms with E-state index in [4.69, 9.17) is 14.2 Å². The van der Waals surface area contributed by atoms with E-state index in [1.54, 1.807) is 0 Å². The highest BCUT2D eigenvalue weighted by Gasteiger charge is 2.57. The van der Waals surface area contributed by atoms with Gasteiger partial charge in [-0.3, -0.25) is 14.4 Å². The monoisotopic (exact) mass is 414 g/mol. The first-order chi connectivity index (χ1) is 14.2. The zero-order chi connectivity index (χ0) is 21.6. The molecule has 0 radical (unpaired) electrons. The van der Waals surface area contributed by atoms with Crippen LogP contribution in [0.25, 0.3) is 0 Å². The summed E-state index contributed by atoms with van der Waals surface area (Å²) in [5, 5.41) is 0. The smallest absolute Gasteiger partial charge is 0.308 e. The van der Waals surface area contributed by atoms with Crippen molar-refractivity contribution in [2.45, 2.75) is 77.9 Å². The molecular weight excluding hydrogens is 384 g/mol. The molecule has 6 heteroatoms. The number of fused-ring (bicyclic) bond motifs is 5. The fraction of sp³-hybridized carbons (Fsp3) is 0.625. The van der Waals surface area contributed by atoms with Crippen LogP contribution in [-0.4, -0.2) is 24.0 Å². The van der Waals surface area contributed by atoms with Crippen molar-refractivity contribution in [3.63, 3.8) is 0 Å². The molecule has 0 aromatic heterocycles. The van der Waals surface area contributed by atoms with E-state index in [1.165, 1.54) is 26.3 Å². The van der Waals surface area contributed by atoms with Crippen LogP contribution < -0.4 is 4.74 Å². The number of ether oxygens (including phenoxy) is 3. The second-order valence-corrected chi connectivity index (χ2v) is 9.31. The normalized spacial score (nSPS) is 34.2. The second kappa shape index (κ2) is 7.71. The van der Waals surface area contributed by atoms with E-state index in [0.717, 1.165) is 37.7 Å². The summed E-state index contributed by atoms with van der Waals surface area (Å²) in [6, 6.07) is 5.71. The average molecular weight is 414 g/mol. The summed E-state index contributed by atoms with van der Waals surface area (Å²) in [5.74, 6) is 0.726. The molecule has 2 saturated carbocycles. The fourth-order valence-corrected chi connectivity index (χ4v) is 6.43. The van der Waals surface area contributed by atoms with E-state index in [2.05, 4.69) is 6.92 Å². The minimum Gasteiger partial charge on any atom is -0.462 e. The van der Waals surface area contributed by atoms with Crippen LogP contribution >= 0.6 is 0 Å². The molecule has 1 aromatic carbocycles. The molecule has 3 aliphatic carbocycles. The highest BCUT2D eigenvalue weighted by Crippen LogP contribution is 2.63. The number of carbonyl (C=O) groups excluding carboxylic acids is 3. The molecule has 0 aliphatic heterocycles. The third-order valence-corrected chi connectivity index (χ3v) is 7.52. The van der Waals surface area contributed by atoms with Crippen molar-refractivity contribution < 1.29 is 28.6 Å². The summed E-state index contributed by atoms with van der Waals surface area (Å²) in [6.45, 7) is 6.55. The summed E-state index contributed by atoms with van der Waals surface area (Å²) in [7, 11) is 0. The maximum Gasteiger partial charge on any atom is 0.308 e. The molecule has 2 fully saturated rings. The lowest BCUT2D eigenvalue weighted by molar-refractivity contribution is -0.157. The molecule has 0 N–H and O–H groups in total. The van der Waals surface area contributed by atoms with Gasteiger partial charge in [-0.15, -0.1) is 0 Å². The molecule has 1 aromatic rings. The van der Waals surface area contributed by atoms with Gasteiger partial charge in [0.2, 0.25) is 0 Å². The van der Waals surface area contributed by atoms with Gasteiger partial charge in [0.25, 0.3) is 0 Å². The van der Waals surface area contributed by atoms with Gasteiger partial charge in [0.15, 0.2) is 0 Å². The Bertz CT molecular complexity index is 876. The zero-order valence-electron chi connectivity index (χ0n) is 18.1. The largest absolute Gasteiger partial charge is 0.462 e. The Morgan fingerprint density at radius 2 is 1.67 bits per heavy atom. The Kier molecular flexibility index (Phi) is 5.37. The number of esters is 3. The number of carbonyl (C=O) groups is 3. The van der Waals surface area contributed by atoms with Crippen LogP contribution in [0.4, 0.5) is 0 Å². The minimum absolute atomic E-state index is 0.0389. The molecule has 6 nitrogen and oxygen atoms in total. The van der Waals surface area contributed by atoms with Crippen LogP contribution in [0.2, 0.25) is 0 Å². The van der Waals surface area contributed by atoms with E-state index >= 15 is 0 Å². The number of hydrogen-bond acceptors (Lipinski definition) is 6. The average Bonchev–Trinajstić information content (AvgIpc) is 2.97. The fourth-order valence-electron chi connectivity index (χ4n) is 6.43. The molecule has 0 amide bonds. The van der Waals surface area contributed by atoms with Crippen molar-refractivity contribution in [2.24, 2.45) is 17.3 Å². The van der Waals surface area contributed by atoms with E-state index in [-0.39, 0.29) is 35.5 Å². The SMILES string of the molecule is CC(=O)Oc1ccc2c(c1)[C@H](OC(C)=O)C[C@H]1[C@@H]2CC[C@@]2(C)[C@@H](OC(C)=O)CC[C@H]12. The summed E-state index contributed by atoms with van der Waals surface area (Å²) in [4.78, 5) is 34.9. The summed E-state index contributed by atoms with van der Waals surface area (Å²) in [6.07, 6.45) is 4.25. The molecule has 0 heterocycles. The maximum atomic E-state index is 11.8. The molecular formula is C24H30O6. The highest BCUT2D eigenvalue weighted by molar-refractivity contribution is 5.70. The molecule has 0 spiro atoms. The minimum atomic E-state index is -0.372. The Labute approximate surface area is 177 Å². The third-order valence-electron chi connectivity index (χ3n) is 7.52. The Morgan fingerprint density at radius 3 is 2.33 bits per heavy atom. The first-order valence-corrected chi connectivity index (χ1v) is 10.9. The van der Waals surface area contributed by atoms with Crippen LogP contribution in [0, 0.1) is 17.3 Å². The van der Waals surface area contributed by atoms with Gasteiger partial charge in [-0.05, 0) is 73.1 Å². The van der Waals surface area contributed by atoms with E-state index in [1.807, 2.05) is 18.2 Å². The van der Waals surface area contributed by atoms with Gasteiger partial charge in [0, 0.05) is 26.2 Å². The lowest BCUT2D eigenvalue weighted by Gasteiger charge is -2.51. The second-order valence-electron chi connectivity index (χ2n) is 9.31. The first kappa shape index (κ1) is 20.9. The predicted octanol–water partition coefficient (Wildman–Crippen LogP) is 4.46. The van der Waals surface area contributed by atoms with Gasteiger partial charge in [-0.1, -0.05) is 13.0 Å². The van der Waals surface area contributed by atoms with Crippen LogP contribution in [0.15, 0.2) is 18.2 Å². The number of rotatable bonds is 3. The highest BCUT2D eigenvalue weighted by atomic mass is 16.5. The molecule has 4 rings (SSSR count). The van der Waals surface area contributed by atoms with Crippen LogP contribution in [0.3, 0.4) is 0 Å². The first-order valence-electron chi connectivity index (χ1n) is 10.9. The van der Waals surface area contributed by atoms with E-state index in [9.17, 15) is 14.4 Å². The van der Waals surface area contributed by atoms with Gasteiger partial charge in [-0.2, -0.15) is 0 Å². The van der Waals surface area contributed by atoms with Gasteiger partial charge < -0.3 is 14.2 Å². The van der Waals surface area contributed by atoms with Gasteiger partial charge >= 0.3 is 17.9 Å². The lowest BCUT2D eigenvalue weighted by atomic mass is 9.55. The van der Waals surface area contributed by atoms with Crippen LogP contribution in [-0.2, 0) is 23.9 Å². The third kappa shape index (κ3) is 3.61. The lowest BCUT2D eigenvalue weighted by Crippen LogP contribution is -2.45. The van der Waals surface area contributed by atoms with Crippen molar-refractivity contribution in [1.82, 2.24) is 0 Å². The Balaban J connectivity index is 1.69. The molecule has 0 bridgehead atoms. The van der Waals surface area contributed by atoms with Crippen molar-refractivity contribution >= 4 is 17.9 Å². The van der Waals surface area contributed by atoms with Crippen LogP contribution in [0.1, 0.15) is 82.9 Å². The molecule has 0 unspecified atom stereocenters. The van der Waals surface area contributed by atoms with Gasteiger partial charge in [0.05, 0.1) is 0 Å². The molecule has 6 atom stereocenters. The molecule has 0 saturated heterocycles. The van der Waals surface area contributed by atoms with Crippen molar-refractivity contribution in [2.75, 3.05) is 0 Å². The van der Waals surface area contributed by atoms with Crippen molar-refractivity contribution in [1.29, 1.82) is 0 Å². The molecule has 30 heavy (non-hydrogen) atoms. The summed E-state index contributed by atoms with van der Waals surface area (Å²) >= 11 is 0. The maximum absolute atomic E-state index is 11.8. The quantitative estimate of drug-likeness (QED) is 0.537. The van der Waals surface area contributed by atoms with Gasteiger partial charge in [-0.25, -0.2) is 0 Å².